The third-order valence-electron chi connectivity index (χ3n) is 8.71. The van der Waals surface area contributed by atoms with Crippen molar-refractivity contribution in [1.29, 1.82) is 0 Å². The molecule has 1 aliphatic carbocycles. The molecule has 0 bridgehead atoms. The van der Waals surface area contributed by atoms with Crippen LogP contribution in [0.1, 0.15) is 59.3 Å². The maximum Gasteiger partial charge on any atom is 0.274 e. The number of carbonyl (C=O) groups excluding carboxylic acids is 1. The Bertz CT molecular complexity index is 1550. The lowest BCUT2D eigenvalue weighted by Crippen LogP contribution is -2.47. The Balaban J connectivity index is 1.32. The number of carbonyl (C=O) groups is 1. The Hall–Kier alpha value is -3.01. The van der Waals surface area contributed by atoms with Gasteiger partial charge in [0.2, 0.25) is 0 Å². The molecule has 0 N–H and O–H groups in total. The number of ether oxygens (including phenoxy) is 1. The van der Waals surface area contributed by atoms with Crippen LogP contribution in [-0.4, -0.2) is 72.3 Å². The van der Waals surface area contributed by atoms with E-state index in [0.29, 0.717) is 41.4 Å². The highest BCUT2D eigenvalue weighted by molar-refractivity contribution is 7.90. The molecule has 3 aromatic rings. The quantitative estimate of drug-likeness (QED) is 0.489. The summed E-state index contributed by atoms with van der Waals surface area (Å²) in [4.78, 5) is 18.5. The van der Waals surface area contributed by atoms with Crippen LogP contribution in [0.5, 0.6) is 0 Å². The molecule has 1 spiro atoms. The molecule has 1 amide bonds. The van der Waals surface area contributed by atoms with E-state index in [-0.39, 0.29) is 23.0 Å². The summed E-state index contributed by atoms with van der Waals surface area (Å²) in [6, 6.07) is 13.7. The van der Waals surface area contributed by atoms with Crippen LogP contribution in [0.3, 0.4) is 0 Å². The smallest absolute Gasteiger partial charge is 0.274 e. The molecular weight excluding hydrogens is 512 g/mol. The molecule has 0 atom stereocenters. The summed E-state index contributed by atoms with van der Waals surface area (Å²) in [5.41, 5.74) is 4.76. The first-order valence-corrected chi connectivity index (χ1v) is 15.7. The maximum absolute atomic E-state index is 13.9. The number of benzene rings is 2. The van der Waals surface area contributed by atoms with E-state index >= 15 is 0 Å². The molecule has 2 aromatic carbocycles. The van der Waals surface area contributed by atoms with Gasteiger partial charge in [-0.05, 0) is 75.0 Å². The third-order valence-corrected chi connectivity index (χ3v) is 10.4. The highest BCUT2D eigenvalue weighted by Gasteiger charge is 2.49. The first-order chi connectivity index (χ1) is 18.8. The van der Waals surface area contributed by atoms with Gasteiger partial charge in [0, 0.05) is 24.2 Å². The van der Waals surface area contributed by atoms with E-state index < -0.39 is 9.84 Å². The van der Waals surface area contributed by atoms with Gasteiger partial charge in [0.15, 0.2) is 15.5 Å². The second-order valence-electron chi connectivity index (χ2n) is 11.6. The number of hydrogen-bond acceptors (Lipinski definition) is 6. The number of morpholine rings is 1. The van der Waals surface area contributed by atoms with E-state index in [2.05, 4.69) is 17.0 Å². The fourth-order valence-electron chi connectivity index (χ4n) is 6.40. The number of fused-ring (bicyclic) bond motifs is 3. The second kappa shape index (κ2) is 9.28. The number of amides is 1. The summed E-state index contributed by atoms with van der Waals surface area (Å²) >= 11 is 0. The van der Waals surface area contributed by atoms with Gasteiger partial charge in [0.25, 0.3) is 5.91 Å². The average Bonchev–Trinajstić information content (AvgIpc) is 3.57. The molecule has 204 valence electrons. The molecule has 0 unspecified atom stereocenters. The minimum atomic E-state index is -3.62. The Morgan fingerprint density at radius 2 is 1.79 bits per heavy atom. The molecule has 0 radical (unpaired) electrons. The molecular formula is C30H34N4O4S. The minimum absolute atomic E-state index is 0.214. The summed E-state index contributed by atoms with van der Waals surface area (Å²) in [7, 11) is -3.62. The molecule has 4 aliphatic rings. The van der Waals surface area contributed by atoms with Gasteiger partial charge in [-0.1, -0.05) is 30.7 Å². The van der Waals surface area contributed by atoms with Crippen LogP contribution in [-0.2, 0) is 26.9 Å². The zero-order valence-electron chi connectivity index (χ0n) is 22.4. The van der Waals surface area contributed by atoms with Crippen molar-refractivity contribution in [2.45, 2.75) is 61.8 Å². The minimum Gasteiger partial charge on any atom is -0.371 e. The molecule has 8 nitrogen and oxygen atoms in total. The molecule has 2 saturated heterocycles. The van der Waals surface area contributed by atoms with Gasteiger partial charge in [-0.25, -0.2) is 13.1 Å². The van der Waals surface area contributed by atoms with Crippen molar-refractivity contribution in [1.82, 2.24) is 19.6 Å². The summed E-state index contributed by atoms with van der Waals surface area (Å²) in [5.74, 6) is -0.448. The maximum atomic E-state index is 13.9. The molecule has 4 heterocycles. The Kier molecular flexibility index (Phi) is 5.95. The number of rotatable bonds is 4. The van der Waals surface area contributed by atoms with Crippen LogP contribution in [0.25, 0.3) is 16.9 Å². The number of piperidine rings is 1. The zero-order valence-corrected chi connectivity index (χ0v) is 23.2. The number of sulfone groups is 1. The van der Waals surface area contributed by atoms with E-state index in [1.807, 2.05) is 25.1 Å². The van der Waals surface area contributed by atoms with Gasteiger partial charge in [0.05, 0.1) is 40.8 Å². The first-order valence-electron chi connectivity index (χ1n) is 14.0. The van der Waals surface area contributed by atoms with E-state index in [0.717, 1.165) is 43.7 Å². The van der Waals surface area contributed by atoms with Crippen LogP contribution in [0.4, 0.5) is 0 Å². The van der Waals surface area contributed by atoms with Crippen molar-refractivity contribution in [2.24, 2.45) is 0 Å². The zero-order chi connectivity index (χ0) is 26.8. The van der Waals surface area contributed by atoms with Crippen LogP contribution in [0.15, 0.2) is 47.4 Å². The Labute approximate surface area is 229 Å². The average molecular weight is 547 g/mol. The Morgan fingerprint density at radius 3 is 2.54 bits per heavy atom. The fourth-order valence-corrected chi connectivity index (χ4v) is 8.07. The van der Waals surface area contributed by atoms with Crippen molar-refractivity contribution in [3.63, 3.8) is 0 Å². The predicted octanol–water partition coefficient (Wildman–Crippen LogP) is 4.13. The van der Waals surface area contributed by atoms with Crippen LogP contribution >= 0.6 is 0 Å². The van der Waals surface area contributed by atoms with Crippen LogP contribution in [0.2, 0.25) is 0 Å². The van der Waals surface area contributed by atoms with E-state index in [9.17, 15) is 13.2 Å². The third kappa shape index (κ3) is 4.40. The summed E-state index contributed by atoms with van der Waals surface area (Å²) in [6.07, 6.45) is 5.71. The number of aromatic nitrogens is 2. The van der Waals surface area contributed by atoms with Gasteiger partial charge >= 0.3 is 0 Å². The standard InChI is InChI=1S/C30H34N4O4S/c1-21-6-5-7-25-26(21)28-24(19-39(25,36)37)27(29(35)33-16-17-38-30(20-33)12-13-30)31-34(28)23-10-8-22(9-11-23)18-32-14-3-2-4-15-32/h5-11H,2-4,12-20H2,1H3. The largest absolute Gasteiger partial charge is 0.371 e. The lowest BCUT2D eigenvalue weighted by molar-refractivity contribution is -0.0377. The van der Waals surface area contributed by atoms with E-state index in [1.54, 1.807) is 21.7 Å². The highest BCUT2D eigenvalue weighted by Crippen LogP contribution is 2.44. The molecule has 1 saturated carbocycles. The predicted molar refractivity (Wildman–Crippen MR) is 148 cm³/mol. The van der Waals surface area contributed by atoms with Crippen molar-refractivity contribution in [3.05, 3.63) is 64.8 Å². The number of nitrogens with zero attached hydrogens (tertiary/aromatic N) is 4. The van der Waals surface area contributed by atoms with Crippen molar-refractivity contribution in [2.75, 3.05) is 32.8 Å². The molecule has 3 aliphatic heterocycles. The number of likely N-dealkylation sites (tertiary alicyclic amines) is 1. The normalized spacial score (nSPS) is 21.4. The van der Waals surface area contributed by atoms with Gasteiger partial charge in [-0.3, -0.25) is 9.69 Å². The molecule has 7 rings (SSSR count). The molecule has 9 heteroatoms. The first kappa shape index (κ1) is 25.0. The summed E-state index contributed by atoms with van der Waals surface area (Å²) < 4.78 is 34.6. The molecule has 3 fully saturated rings. The molecule has 39 heavy (non-hydrogen) atoms. The van der Waals surface area contributed by atoms with E-state index in [1.165, 1.54) is 24.8 Å². The fraction of sp³-hybridized carbons (Fsp3) is 0.467. The van der Waals surface area contributed by atoms with Gasteiger partial charge in [-0.2, -0.15) is 5.10 Å². The monoisotopic (exact) mass is 546 g/mol. The van der Waals surface area contributed by atoms with Crippen molar-refractivity contribution < 1.29 is 17.9 Å². The van der Waals surface area contributed by atoms with Crippen molar-refractivity contribution >= 4 is 15.7 Å². The lowest BCUT2D eigenvalue weighted by atomic mass is 10.00. The van der Waals surface area contributed by atoms with Gasteiger partial charge < -0.3 is 9.64 Å². The van der Waals surface area contributed by atoms with Crippen LogP contribution < -0.4 is 0 Å². The SMILES string of the molecule is Cc1cccc2c1-c1c(c(C(=O)N3CCOC4(CC4)C3)nn1-c1ccc(CN3CCCCC3)cc1)CS2(=O)=O. The number of hydrogen-bond donors (Lipinski definition) is 0. The van der Waals surface area contributed by atoms with Gasteiger partial charge in [0.1, 0.15) is 0 Å². The van der Waals surface area contributed by atoms with Crippen molar-refractivity contribution in [3.8, 4) is 16.9 Å². The lowest BCUT2D eigenvalue weighted by Gasteiger charge is -2.33. The number of aryl methyl sites for hydroxylation is 1. The summed E-state index contributed by atoms with van der Waals surface area (Å²) in [6.45, 7) is 6.60. The Morgan fingerprint density at radius 1 is 1.03 bits per heavy atom. The topological polar surface area (TPSA) is 84.7 Å². The van der Waals surface area contributed by atoms with E-state index in [4.69, 9.17) is 9.84 Å². The highest BCUT2D eigenvalue weighted by atomic mass is 32.2. The molecule has 1 aromatic heterocycles. The second-order valence-corrected chi connectivity index (χ2v) is 13.5. The van der Waals surface area contributed by atoms with Crippen LogP contribution in [0, 0.1) is 6.92 Å². The summed E-state index contributed by atoms with van der Waals surface area (Å²) in [5, 5.41) is 4.87. The van der Waals surface area contributed by atoms with Gasteiger partial charge in [-0.15, -0.1) is 0 Å².